The Morgan fingerprint density at radius 2 is 2.17 bits per heavy atom. The minimum Gasteiger partial charge on any atom is -0.326 e. The Kier molecular flexibility index (Phi) is 4.91. The molecule has 1 amide bonds. The predicted molar refractivity (Wildman–Crippen MR) is 98.2 cm³/mol. The smallest absolute Gasteiger partial charge is 0.235 e. The minimum absolute atomic E-state index is 0.0671. The van der Waals surface area contributed by atoms with E-state index in [4.69, 9.17) is 0 Å². The number of sulfonamides is 1. The summed E-state index contributed by atoms with van der Waals surface area (Å²) in [6.45, 7) is 2.38. The molecule has 1 aliphatic rings. The van der Waals surface area contributed by atoms with Crippen molar-refractivity contribution in [3.63, 3.8) is 0 Å². The highest BCUT2D eigenvalue weighted by atomic mass is 32.2. The molecule has 2 aromatic rings. The van der Waals surface area contributed by atoms with Crippen LogP contribution in [0.15, 0.2) is 35.7 Å². The Balaban J connectivity index is 1.70. The van der Waals surface area contributed by atoms with Gasteiger partial charge in [-0.2, -0.15) is 0 Å². The molecule has 128 valence electrons. The summed E-state index contributed by atoms with van der Waals surface area (Å²) in [5, 5.41) is 4.86. The number of amides is 1. The average molecular weight is 364 g/mol. The van der Waals surface area contributed by atoms with Crippen molar-refractivity contribution in [1.82, 2.24) is 0 Å². The lowest BCUT2D eigenvalue weighted by molar-refractivity contribution is -0.116. The molecule has 0 unspecified atom stereocenters. The number of benzene rings is 1. The van der Waals surface area contributed by atoms with E-state index in [9.17, 15) is 13.2 Å². The van der Waals surface area contributed by atoms with Gasteiger partial charge in [-0.1, -0.05) is 12.1 Å². The number of rotatable bonds is 5. The molecule has 1 fully saturated rings. The zero-order chi connectivity index (χ0) is 17.2. The lowest BCUT2D eigenvalue weighted by Gasteiger charge is -2.20. The van der Waals surface area contributed by atoms with Crippen molar-refractivity contribution in [2.24, 2.45) is 0 Å². The van der Waals surface area contributed by atoms with Crippen molar-refractivity contribution >= 4 is 38.6 Å². The summed E-state index contributed by atoms with van der Waals surface area (Å²) in [5.74, 6) is 0.117. The van der Waals surface area contributed by atoms with E-state index >= 15 is 0 Å². The fourth-order valence-corrected chi connectivity index (χ4v) is 5.11. The first kappa shape index (κ1) is 17.0. The zero-order valence-electron chi connectivity index (χ0n) is 13.5. The molecule has 2 heterocycles. The van der Waals surface area contributed by atoms with Crippen LogP contribution >= 0.6 is 11.3 Å². The number of anilines is 2. The zero-order valence-corrected chi connectivity index (χ0v) is 15.1. The highest BCUT2D eigenvalue weighted by molar-refractivity contribution is 7.93. The molecule has 0 bridgehead atoms. The maximum atomic E-state index is 12.1. The number of nitrogens with one attached hydrogen (secondary N) is 1. The summed E-state index contributed by atoms with van der Waals surface area (Å²) in [5.41, 5.74) is 2.18. The van der Waals surface area contributed by atoms with Crippen LogP contribution in [-0.2, 0) is 21.2 Å². The van der Waals surface area contributed by atoms with Gasteiger partial charge in [-0.05, 0) is 48.9 Å². The van der Waals surface area contributed by atoms with Crippen LogP contribution in [-0.4, -0.2) is 26.6 Å². The highest BCUT2D eigenvalue weighted by Gasteiger charge is 2.29. The van der Waals surface area contributed by atoms with Crippen LogP contribution in [0.4, 0.5) is 11.4 Å². The fourth-order valence-electron chi connectivity index (χ4n) is 2.78. The first-order valence-corrected chi connectivity index (χ1v) is 10.4. The summed E-state index contributed by atoms with van der Waals surface area (Å²) in [6.07, 6.45) is 1.76. The molecule has 1 saturated heterocycles. The second-order valence-corrected chi connectivity index (χ2v) is 8.92. The number of thiophene rings is 1. The Bertz CT molecular complexity index is 830. The van der Waals surface area contributed by atoms with Gasteiger partial charge in [0.25, 0.3) is 0 Å². The van der Waals surface area contributed by atoms with Crippen molar-refractivity contribution in [3.8, 4) is 0 Å². The lowest BCUT2D eigenvalue weighted by atomic mass is 10.1. The number of carbonyl (C=O) groups excluding carboxylic acids is 1. The molecular formula is C17H20N2O3S2. The van der Waals surface area contributed by atoms with Gasteiger partial charge in [-0.25, -0.2) is 8.42 Å². The van der Waals surface area contributed by atoms with Gasteiger partial charge in [0, 0.05) is 23.5 Å². The molecule has 1 N–H and O–H groups in total. The van der Waals surface area contributed by atoms with Crippen LogP contribution in [0.5, 0.6) is 0 Å². The van der Waals surface area contributed by atoms with Gasteiger partial charge in [-0.3, -0.25) is 9.10 Å². The molecule has 1 aromatic carbocycles. The summed E-state index contributed by atoms with van der Waals surface area (Å²) in [4.78, 5) is 13.3. The number of hydrogen-bond acceptors (Lipinski definition) is 4. The Hall–Kier alpha value is -1.86. The minimum atomic E-state index is -3.23. The Morgan fingerprint density at radius 1 is 1.33 bits per heavy atom. The second kappa shape index (κ2) is 6.94. The number of nitrogens with zero attached hydrogens (tertiary/aromatic N) is 1. The summed E-state index contributed by atoms with van der Waals surface area (Å²) >= 11 is 1.64. The van der Waals surface area contributed by atoms with Crippen LogP contribution in [0.3, 0.4) is 0 Å². The third-order valence-corrected chi connectivity index (χ3v) is 6.83. The van der Waals surface area contributed by atoms with Crippen molar-refractivity contribution in [1.29, 1.82) is 0 Å². The molecule has 0 saturated carbocycles. The maximum Gasteiger partial charge on any atom is 0.235 e. The monoisotopic (exact) mass is 364 g/mol. The molecular weight excluding hydrogens is 344 g/mol. The second-order valence-electron chi connectivity index (χ2n) is 5.87. The number of aryl methyl sites for hydroxylation is 2. The molecule has 1 aromatic heterocycles. The summed E-state index contributed by atoms with van der Waals surface area (Å²) in [6, 6.07) is 9.39. The quantitative estimate of drug-likeness (QED) is 0.886. The van der Waals surface area contributed by atoms with Gasteiger partial charge < -0.3 is 5.32 Å². The SMILES string of the molecule is Cc1ccc(NC(=O)CCc2cccs2)cc1N1CCCS1(=O)=O. The highest BCUT2D eigenvalue weighted by Crippen LogP contribution is 2.30. The van der Waals surface area contributed by atoms with Crippen LogP contribution in [0.25, 0.3) is 0 Å². The number of carbonyl (C=O) groups is 1. The van der Waals surface area contributed by atoms with Gasteiger partial charge in [-0.15, -0.1) is 11.3 Å². The summed E-state index contributed by atoms with van der Waals surface area (Å²) in [7, 11) is -3.23. The molecule has 0 spiro atoms. The lowest BCUT2D eigenvalue weighted by Crippen LogP contribution is -2.26. The molecule has 0 radical (unpaired) electrons. The molecule has 5 nitrogen and oxygen atoms in total. The van der Waals surface area contributed by atoms with Crippen molar-refractivity contribution in [3.05, 3.63) is 46.2 Å². The average Bonchev–Trinajstić information content (AvgIpc) is 3.16. The molecule has 3 rings (SSSR count). The van der Waals surface area contributed by atoms with Gasteiger partial charge in [0.15, 0.2) is 0 Å². The van der Waals surface area contributed by atoms with Crippen LogP contribution in [0.2, 0.25) is 0 Å². The Morgan fingerprint density at radius 3 is 2.83 bits per heavy atom. The molecule has 0 aliphatic carbocycles. The summed E-state index contributed by atoms with van der Waals surface area (Å²) < 4.78 is 25.7. The van der Waals surface area contributed by atoms with Crippen molar-refractivity contribution < 1.29 is 13.2 Å². The topological polar surface area (TPSA) is 66.5 Å². The van der Waals surface area contributed by atoms with Gasteiger partial charge in [0.05, 0.1) is 11.4 Å². The maximum absolute atomic E-state index is 12.1. The van der Waals surface area contributed by atoms with Gasteiger partial charge >= 0.3 is 0 Å². The van der Waals surface area contributed by atoms with Crippen LogP contribution in [0, 0.1) is 6.92 Å². The van der Waals surface area contributed by atoms with Crippen LogP contribution < -0.4 is 9.62 Å². The third-order valence-electron chi connectivity index (χ3n) is 4.04. The first-order chi connectivity index (χ1) is 11.5. The number of hydrogen-bond donors (Lipinski definition) is 1. The van der Waals surface area contributed by atoms with Crippen molar-refractivity contribution in [2.75, 3.05) is 21.9 Å². The molecule has 0 atom stereocenters. The largest absolute Gasteiger partial charge is 0.326 e. The standard InChI is InChI=1S/C17H20N2O3S2/c1-13-5-6-14(12-16(13)19-9-3-11-24(19,21)22)18-17(20)8-7-15-4-2-10-23-15/h2,4-6,10,12H,3,7-9,11H2,1H3,(H,18,20). The third kappa shape index (κ3) is 3.79. The molecule has 7 heteroatoms. The van der Waals surface area contributed by atoms with E-state index in [-0.39, 0.29) is 11.7 Å². The normalized spacial score (nSPS) is 16.3. The molecule has 1 aliphatic heterocycles. The van der Waals surface area contributed by atoms with E-state index in [0.717, 1.165) is 5.56 Å². The Labute approximate surface area is 146 Å². The van der Waals surface area contributed by atoms with E-state index < -0.39 is 10.0 Å². The van der Waals surface area contributed by atoms with E-state index in [1.165, 1.54) is 9.18 Å². The van der Waals surface area contributed by atoms with Gasteiger partial charge in [0.2, 0.25) is 15.9 Å². The molecule has 24 heavy (non-hydrogen) atoms. The van der Waals surface area contributed by atoms with E-state index in [1.807, 2.05) is 36.6 Å². The van der Waals surface area contributed by atoms with E-state index in [1.54, 1.807) is 17.4 Å². The van der Waals surface area contributed by atoms with Crippen molar-refractivity contribution in [2.45, 2.75) is 26.2 Å². The van der Waals surface area contributed by atoms with Gasteiger partial charge in [0.1, 0.15) is 0 Å². The first-order valence-electron chi connectivity index (χ1n) is 7.89. The van der Waals surface area contributed by atoms with E-state index in [0.29, 0.717) is 37.2 Å². The van der Waals surface area contributed by atoms with Crippen LogP contribution in [0.1, 0.15) is 23.3 Å². The predicted octanol–water partition coefficient (Wildman–Crippen LogP) is 3.17. The van der Waals surface area contributed by atoms with E-state index in [2.05, 4.69) is 5.32 Å². The fraction of sp³-hybridized carbons (Fsp3) is 0.353.